The minimum absolute atomic E-state index is 0. The Morgan fingerprint density at radius 3 is 2.86 bits per heavy atom. The highest BCUT2D eigenvalue weighted by Crippen LogP contribution is 2.30. The van der Waals surface area contributed by atoms with Crippen molar-refractivity contribution in [1.82, 2.24) is 4.90 Å². The van der Waals surface area contributed by atoms with Crippen molar-refractivity contribution >= 4 is 36.2 Å². The molecule has 0 aromatic heterocycles. The van der Waals surface area contributed by atoms with Gasteiger partial charge in [0.1, 0.15) is 12.4 Å². The maximum absolute atomic E-state index is 13.3. The molecule has 0 radical (unpaired) electrons. The van der Waals surface area contributed by atoms with Crippen LogP contribution in [0.1, 0.15) is 18.4 Å². The SMILES string of the molecule is Cl.O=C(O)C1CCCN(CCO/N=C/c2ccccc2-c2ccc(F)cc2Cl)C1. The second-order valence-corrected chi connectivity index (χ2v) is 7.16. The summed E-state index contributed by atoms with van der Waals surface area (Å²) in [5.41, 5.74) is 2.36. The van der Waals surface area contributed by atoms with Crippen LogP contribution in [0.2, 0.25) is 5.02 Å². The number of oxime groups is 1. The van der Waals surface area contributed by atoms with Gasteiger partial charge in [-0.1, -0.05) is 41.0 Å². The van der Waals surface area contributed by atoms with E-state index in [0.717, 1.165) is 36.1 Å². The van der Waals surface area contributed by atoms with E-state index in [0.29, 0.717) is 24.7 Å². The van der Waals surface area contributed by atoms with Crippen molar-refractivity contribution in [3.8, 4) is 11.1 Å². The monoisotopic (exact) mass is 440 g/mol. The van der Waals surface area contributed by atoms with Crippen LogP contribution in [0.25, 0.3) is 11.1 Å². The molecule has 0 saturated carbocycles. The smallest absolute Gasteiger partial charge is 0.307 e. The van der Waals surface area contributed by atoms with Gasteiger partial charge < -0.3 is 9.94 Å². The van der Waals surface area contributed by atoms with Crippen molar-refractivity contribution < 1.29 is 19.1 Å². The summed E-state index contributed by atoms with van der Waals surface area (Å²) < 4.78 is 13.3. The van der Waals surface area contributed by atoms with Gasteiger partial charge in [-0.05, 0) is 43.1 Å². The number of carboxylic acids is 1. The standard InChI is InChI=1S/C21H22ClFN2O3.ClH/c22-20-12-17(23)7-8-19(20)18-6-2-1-4-15(18)13-24-28-11-10-25-9-3-5-16(14-25)21(26)27;/h1-2,4,6-8,12-13,16H,3,5,9-11,14H2,(H,26,27);1H/b24-13+;. The molecule has 5 nitrogen and oxygen atoms in total. The molecule has 0 spiro atoms. The minimum Gasteiger partial charge on any atom is -0.481 e. The van der Waals surface area contributed by atoms with Gasteiger partial charge in [0.15, 0.2) is 0 Å². The Balaban J connectivity index is 0.00000300. The molecule has 1 saturated heterocycles. The van der Waals surface area contributed by atoms with Gasteiger partial charge in [0.25, 0.3) is 0 Å². The van der Waals surface area contributed by atoms with E-state index in [1.54, 1.807) is 12.3 Å². The number of aliphatic carboxylic acids is 1. The molecule has 1 fully saturated rings. The molecule has 1 unspecified atom stereocenters. The molecule has 8 heteroatoms. The van der Waals surface area contributed by atoms with Crippen LogP contribution in [-0.4, -0.2) is 48.4 Å². The van der Waals surface area contributed by atoms with Gasteiger partial charge in [0, 0.05) is 24.2 Å². The summed E-state index contributed by atoms with van der Waals surface area (Å²) in [4.78, 5) is 18.6. The van der Waals surface area contributed by atoms with Gasteiger partial charge in [0.05, 0.1) is 17.2 Å². The highest BCUT2D eigenvalue weighted by Gasteiger charge is 2.24. The highest BCUT2D eigenvalue weighted by atomic mass is 35.5. The van der Waals surface area contributed by atoms with Crippen molar-refractivity contribution in [2.24, 2.45) is 11.1 Å². The number of halogens is 3. The lowest BCUT2D eigenvalue weighted by Gasteiger charge is -2.29. The van der Waals surface area contributed by atoms with Crippen LogP contribution < -0.4 is 0 Å². The van der Waals surface area contributed by atoms with Gasteiger partial charge in [-0.25, -0.2) is 4.39 Å². The fourth-order valence-corrected chi connectivity index (χ4v) is 3.61. The number of hydrogen-bond donors (Lipinski definition) is 1. The molecule has 1 heterocycles. The fraction of sp³-hybridized carbons (Fsp3) is 0.333. The second-order valence-electron chi connectivity index (χ2n) is 6.76. The number of piperidine rings is 1. The Hall–Kier alpha value is -2.15. The zero-order valence-electron chi connectivity index (χ0n) is 15.8. The first-order chi connectivity index (χ1) is 13.5. The molecule has 1 atom stereocenters. The molecule has 29 heavy (non-hydrogen) atoms. The summed E-state index contributed by atoms with van der Waals surface area (Å²) >= 11 is 6.18. The van der Waals surface area contributed by atoms with Crippen LogP contribution in [-0.2, 0) is 9.63 Å². The van der Waals surface area contributed by atoms with Gasteiger partial charge in [-0.3, -0.25) is 9.69 Å². The Kier molecular flexibility index (Phi) is 8.89. The van der Waals surface area contributed by atoms with Crippen LogP contribution >= 0.6 is 24.0 Å². The normalized spacial score (nSPS) is 17.1. The van der Waals surface area contributed by atoms with Crippen LogP contribution in [0.15, 0.2) is 47.6 Å². The van der Waals surface area contributed by atoms with Crippen LogP contribution in [0, 0.1) is 11.7 Å². The predicted molar refractivity (Wildman–Crippen MR) is 114 cm³/mol. The molecule has 0 aliphatic carbocycles. The van der Waals surface area contributed by atoms with E-state index in [1.807, 2.05) is 24.3 Å². The van der Waals surface area contributed by atoms with Crippen LogP contribution in [0.3, 0.4) is 0 Å². The molecule has 1 aliphatic rings. The van der Waals surface area contributed by atoms with Crippen molar-refractivity contribution in [2.75, 3.05) is 26.2 Å². The Labute approximate surface area is 180 Å². The first-order valence-corrected chi connectivity index (χ1v) is 9.57. The van der Waals surface area contributed by atoms with E-state index < -0.39 is 5.97 Å². The fourth-order valence-electron chi connectivity index (χ4n) is 3.34. The Bertz CT molecular complexity index is 864. The summed E-state index contributed by atoms with van der Waals surface area (Å²) in [7, 11) is 0. The first kappa shape index (κ1) is 23.1. The lowest BCUT2D eigenvalue weighted by Crippen LogP contribution is -2.40. The largest absolute Gasteiger partial charge is 0.481 e. The van der Waals surface area contributed by atoms with E-state index in [-0.39, 0.29) is 24.1 Å². The molecule has 1 aliphatic heterocycles. The lowest BCUT2D eigenvalue weighted by molar-refractivity contribution is -0.143. The summed E-state index contributed by atoms with van der Waals surface area (Å²) in [6, 6.07) is 11.8. The summed E-state index contributed by atoms with van der Waals surface area (Å²) in [6.45, 7) is 2.44. The van der Waals surface area contributed by atoms with Crippen molar-refractivity contribution in [1.29, 1.82) is 0 Å². The maximum atomic E-state index is 13.3. The Morgan fingerprint density at radius 1 is 1.31 bits per heavy atom. The number of likely N-dealkylation sites (tertiary alicyclic amines) is 1. The van der Waals surface area contributed by atoms with Crippen LogP contribution in [0.4, 0.5) is 4.39 Å². The summed E-state index contributed by atoms with van der Waals surface area (Å²) in [5.74, 6) is -1.42. The summed E-state index contributed by atoms with van der Waals surface area (Å²) in [5, 5.41) is 13.5. The zero-order valence-corrected chi connectivity index (χ0v) is 17.3. The number of carboxylic acid groups (broad SMARTS) is 1. The van der Waals surface area contributed by atoms with E-state index in [1.165, 1.54) is 12.1 Å². The third-order valence-electron chi connectivity index (χ3n) is 4.80. The molecule has 2 aromatic carbocycles. The highest BCUT2D eigenvalue weighted by molar-refractivity contribution is 6.33. The topological polar surface area (TPSA) is 62.1 Å². The van der Waals surface area contributed by atoms with E-state index in [4.69, 9.17) is 21.5 Å². The Morgan fingerprint density at radius 2 is 2.10 bits per heavy atom. The number of benzene rings is 2. The molecule has 2 aromatic rings. The number of hydrogen-bond acceptors (Lipinski definition) is 4. The number of nitrogens with zero attached hydrogens (tertiary/aromatic N) is 2. The van der Waals surface area contributed by atoms with Crippen molar-refractivity contribution in [3.05, 3.63) is 58.9 Å². The van der Waals surface area contributed by atoms with Crippen LogP contribution in [0.5, 0.6) is 0 Å². The lowest BCUT2D eigenvalue weighted by atomic mass is 9.98. The molecule has 0 amide bonds. The molecule has 3 rings (SSSR count). The van der Waals surface area contributed by atoms with Gasteiger partial charge in [0.2, 0.25) is 0 Å². The quantitative estimate of drug-likeness (QED) is 0.384. The van der Waals surface area contributed by atoms with Gasteiger partial charge >= 0.3 is 5.97 Å². The van der Waals surface area contributed by atoms with E-state index in [2.05, 4.69) is 10.1 Å². The number of carbonyl (C=O) groups is 1. The molecule has 1 N–H and O–H groups in total. The molecular formula is C21H23Cl2FN2O3. The van der Waals surface area contributed by atoms with Gasteiger partial charge in [-0.15, -0.1) is 12.4 Å². The summed E-state index contributed by atoms with van der Waals surface area (Å²) in [6.07, 6.45) is 3.21. The van der Waals surface area contributed by atoms with Crippen molar-refractivity contribution in [3.63, 3.8) is 0 Å². The average molecular weight is 441 g/mol. The van der Waals surface area contributed by atoms with E-state index in [9.17, 15) is 9.18 Å². The molecular weight excluding hydrogens is 418 g/mol. The van der Waals surface area contributed by atoms with Gasteiger partial charge in [-0.2, -0.15) is 0 Å². The third-order valence-corrected chi connectivity index (χ3v) is 5.11. The zero-order chi connectivity index (χ0) is 19.9. The second kappa shape index (κ2) is 11.1. The maximum Gasteiger partial charge on any atom is 0.307 e. The average Bonchev–Trinajstić information content (AvgIpc) is 2.68. The third kappa shape index (κ3) is 6.42. The van der Waals surface area contributed by atoms with E-state index >= 15 is 0 Å². The molecule has 156 valence electrons. The molecule has 0 bridgehead atoms. The minimum atomic E-state index is -0.736. The number of rotatable bonds is 7. The van der Waals surface area contributed by atoms with Crippen molar-refractivity contribution in [2.45, 2.75) is 12.8 Å². The first-order valence-electron chi connectivity index (χ1n) is 9.19. The predicted octanol–water partition coefficient (Wildman–Crippen LogP) is 4.72.